The Morgan fingerprint density at radius 3 is 2.55 bits per heavy atom. The highest BCUT2D eigenvalue weighted by Crippen LogP contribution is 2.13. The van der Waals surface area contributed by atoms with E-state index in [9.17, 15) is 4.79 Å². The lowest BCUT2D eigenvalue weighted by Gasteiger charge is -2.26. The van der Waals surface area contributed by atoms with Gasteiger partial charge < -0.3 is 10.6 Å². The number of carbonyl (C=O) groups excluding carboxylic acids is 1. The van der Waals surface area contributed by atoms with Gasteiger partial charge in [-0.1, -0.05) is 19.1 Å². The van der Waals surface area contributed by atoms with Crippen LogP contribution in [0.3, 0.4) is 0 Å². The molecule has 4 nitrogen and oxygen atoms in total. The monoisotopic (exact) mass is 321 g/mol. The summed E-state index contributed by atoms with van der Waals surface area (Å²) >= 11 is 2.03. The normalized spacial score (nSPS) is 15.7. The summed E-state index contributed by atoms with van der Waals surface area (Å²) in [5, 5.41) is 6.22. The van der Waals surface area contributed by atoms with Crippen LogP contribution in [-0.4, -0.2) is 55.0 Å². The van der Waals surface area contributed by atoms with Crippen molar-refractivity contribution >= 4 is 17.7 Å². The number of rotatable bonds is 8. The standard InChI is InChI=1S/C17H27N3OS/c1-2-7-18-8-9-19-17(21)16-5-3-15(4-6-16)14-20-10-12-22-13-11-20/h3-6,18H,2,7-14H2,1H3,(H,19,21). The number of thioether (sulfide) groups is 1. The summed E-state index contributed by atoms with van der Waals surface area (Å²) in [6.07, 6.45) is 1.12. The molecule has 0 bridgehead atoms. The number of carbonyl (C=O) groups is 1. The highest BCUT2D eigenvalue weighted by Gasteiger charge is 2.11. The van der Waals surface area contributed by atoms with E-state index in [0.29, 0.717) is 6.54 Å². The molecule has 1 saturated heterocycles. The maximum Gasteiger partial charge on any atom is 0.251 e. The van der Waals surface area contributed by atoms with Crippen LogP contribution in [0.2, 0.25) is 0 Å². The third-order valence-electron chi connectivity index (χ3n) is 3.74. The van der Waals surface area contributed by atoms with E-state index in [0.717, 1.165) is 44.7 Å². The number of nitrogens with zero attached hydrogens (tertiary/aromatic N) is 1. The molecule has 1 aliphatic rings. The van der Waals surface area contributed by atoms with Crippen LogP contribution in [0.5, 0.6) is 0 Å². The number of nitrogens with one attached hydrogen (secondary N) is 2. The number of hydrogen-bond acceptors (Lipinski definition) is 4. The van der Waals surface area contributed by atoms with Crippen LogP contribution in [0.1, 0.15) is 29.3 Å². The minimum Gasteiger partial charge on any atom is -0.351 e. The predicted octanol–water partition coefficient (Wildman–Crippen LogP) is 1.96. The molecule has 1 heterocycles. The summed E-state index contributed by atoms with van der Waals surface area (Å²) in [7, 11) is 0. The third kappa shape index (κ3) is 5.99. The van der Waals surface area contributed by atoms with E-state index in [1.807, 2.05) is 23.9 Å². The van der Waals surface area contributed by atoms with Gasteiger partial charge >= 0.3 is 0 Å². The van der Waals surface area contributed by atoms with Crippen LogP contribution < -0.4 is 10.6 Å². The quantitative estimate of drug-likeness (QED) is 0.719. The Bertz CT molecular complexity index is 444. The highest BCUT2D eigenvalue weighted by molar-refractivity contribution is 7.99. The van der Waals surface area contributed by atoms with Crippen molar-refractivity contribution < 1.29 is 4.79 Å². The minimum absolute atomic E-state index is 0.0132. The van der Waals surface area contributed by atoms with Crippen LogP contribution >= 0.6 is 11.8 Å². The smallest absolute Gasteiger partial charge is 0.251 e. The lowest BCUT2D eigenvalue weighted by Crippen LogP contribution is -2.32. The molecule has 5 heteroatoms. The van der Waals surface area contributed by atoms with E-state index in [-0.39, 0.29) is 5.91 Å². The SMILES string of the molecule is CCCNCCNC(=O)c1ccc(CN2CCSCC2)cc1. The van der Waals surface area contributed by atoms with Gasteiger partial charge in [-0.25, -0.2) is 0 Å². The summed E-state index contributed by atoms with van der Waals surface area (Å²) < 4.78 is 0. The van der Waals surface area contributed by atoms with Gasteiger partial charge in [0.1, 0.15) is 0 Å². The van der Waals surface area contributed by atoms with Crippen molar-refractivity contribution in [3.63, 3.8) is 0 Å². The zero-order valence-electron chi connectivity index (χ0n) is 13.4. The first kappa shape index (κ1) is 17.3. The molecule has 1 aromatic rings. The molecule has 22 heavy (non-hydrogen) atoms. The van der Waals surface area contributed by atoms with Gasteiger partial charge in [0.25, 0.3) is 5.91 Å². The second-order valence-electron chi connectivity index (χ2n) is 5.59. The zero-order valence-corrected chi connectivity index (χ0v) is 14.3. The summed E-state index contributed by atoms with van der Waals surface area (Å²) in [6, 6.07) is 8.02. The fraction of sp³-hybridized carbons (Fsp3) is 0.588. The van der Waals surface area contributed by atoms with Gasteiger partial charge in [0.2, 0.25) is 0 Å². The first-order valence-corrected chi connectivity index (χ1v) is 9.33. The summed E-state index contributed by atoms with van der Waals surface area (Å²) in [6.45, 7) is 7.95. The Hall–Kier alpha value is -1.04. The number of amides is 1. The molecule has 1 aromatic carbocycles. The maximum absolute atomic E-state index is 12.0. The molecular formula is C17H27N3OS. The Morgan fingerprint density at radius 1 is 1.14 bits per heavy atom. The molecule has 2 N–H and O–H groups in total. The van der Waals surface area contributed by atoms with Crippen molar-refractivity contribution in [1.82, 2.24) is 15.5 Å². The van der Waals surface area contributed by atoms with Crippen molar-refractivity contribution in [2.45, 2.75) is 19.9 Å². The van der Waals surface area contributed by atoms with Crippen LogP contribution in [0.4, 0.5) is 0 Å². The van der Waals surface area contributed by atoms with Gasteiger partial charge in [-0.15, -0.1) is 0 Å². The fourth-order valence-corrected chi connectivity index (χ4v) is 3.43. The Kier molecular flexibility index (Phi) is 7.77. The Labute approximate surface area is 138 Å². The van der Waals surface area contributed by atoms with E-state index in [1.165, 1.54) is 17.1 Å². The van der Waals surface area contributed by atoms with Crippen molar-refractivity contribution in [2.75, 3.05) is 44.2 Å². The second-order valence-corrected chi connectivity index (χ2v) is 6.82. The van der Waals surface area contributed by atoms with Crippen LogP contribution in [0.15, 0.2) is 24.3 Å². The largest absolute Gasteiger partial charge is 0.351 e. The lowest BCUT2D eigenvalue weighted by atomic mass is 10.1. The molecule has 0 saturated carbocycles. The predicted molar refractivity (Wildman–Crippen MR) is 94.5 cm³/mol. The fourth-order valence-electron chi connectivity index (χ4n) is 2.45. The second kappa shape index (κ2) is 9.87. The first-order chi connectivity index (χ1) is 10.8. The Morgan fingerprint density at radius 2 is 1.86 bits per heavy atom. The third-order valence-corrected chi connectivity index (χ3v) is 4.68. The molecule has 0 aromatic heterocycles. The van der Waals surface area contributed by atoms with Gasteiger partial charge in [-0.3, -0.25) is 9.69 Å². The average molecular weight is 321 g/mol. The molecule has 0 atom stereocenters. The van der Waals surface area contributed by atoms with E-state index >= 15 is 0 Å². The van der Waals surface area contributed by atoms with E-state index in [1.54, 1.807) is 0 Å². The van der Waals surface area contributed by atoms with E-state index in [4.69, 9.17) is 0 Å². The van der Waals surface area contributed by atoms with E-state index in [2.05, 4.69) is 34.6 Å². The molecule has 0 spiro atoms. The molecule has 1 amide bonds. The summed E-state index contributed by atoms with van der Waals surface area (Å²) in [4.78, 5) is 14.5. The van der Waals surface area contributed by atoms with Gasteiger partial charge in [-0.05, 0) is 30.7 Å². The lowest BCUT2D eigenvalue weighted by molar-refractivity contribution is 0.0954. The molecule has 0 unspecified atom stereocenters. The van der Waals surface area contributed by atoms with Crippen LogP contribution in [0, 0.1) is 0 Å². The van der Waals surface area contributed by atoms with E-state index < -0.39 is 0 Å². The van der Waals surface area contributed by atoms with Gasteiger partial charge in [-0.2, -0.15) is 11.8 Å². The minimum atomic E-state index is 0.0132. The van der Waals surface area contributed by atoms with Crippen molar-refractivity contribution in [1.29, 1.82) is 0 Å². The van der Waals surface area contributed by atoms with Gasteiger partial charge in [0.05, 0.1) is 0 Å². The topological polar surface area (TPSA) is 44.4 Å². The zero-order chi connectivity index (χ0) is 15.6. The van der Waals surface area contributed by atoms with Crippen LogP contribution in [0.25, 0.3) is 0 Å². The Balaban J connectivity index is 1.74. The molecule has 2 rings (SSSR count). The maximum atomic E-state index is 12.0. The van der Waals surface area contributed by atoms with Gasteiger partial charge in [0, 0.05) is 49.8 Å². The molecule has 1 aliphatic heterocycles. The summed E-state index contributed by atoms with van der Waals surface area (Å²) in [5.41, 5.74) is 2.03. The molecule has 0 aliphatic carbocycles. The number of benzene rings is 1. The summed E-state index contributed by atoms with van der Waals surface area (Å²) in [5.74, 6) is 2.47. The van der Waals surface area contributed by atoms with Crippen molar-refractivity contribution in [3.8, 4) is 0 Å². The molecule has 1 fully saturated rings. The van der Waals surface area contributed by atoms with Gasteiger partial charge in [0.15, 0.2) is 0 Å². The van der Waals surface area contributed by atoms with Crippen molar-refractivity contribution in [3.05, 3.63) is 35.4 Å². The average Bonchev–Trinajstić information content (AvgIpc) is 2.56. The molecule has 0 radical (unpaired) electrons. The molecule has 122 valence electrons. The van der Waals surface area contributed by atoms with Crippen molar-refractivity contribution in [2.24, 2.45) is 0 Å². The molecular weight excluding hydrogens is 294 g/mol. The first-order valence-electron chi connectivity index (χ1n) is 8.17. The number of hydrogen-bond donors (Lipinski definition) is 2. The van der Waals surface area contributed by atoms with Crippen LogP contribution in [-0.2, 0) is 6.54 Å². The highest BCUT2D eigenvalue weighted by atomic mass is 32.2.